The Kier molecular flexibility index (Phi) is 44.4. The van der Waals surface area contributed by atoms with Gasteiger partial charge in [-0.2, -0.15) is 0 Å². The van der Waals surface area contributed by atoms with Gasteiger partial charge in [0, 0.05) is 13.0 Å². The van der Waals surface area contributed by atoms with E-state index in [1.165, 1.54) is 64.2 Å². The fourth-order valence-corrected chi connectivity index (χ4v) is 8.79. The van der Waals surface area contributed by atoms with E-state index >= 15 is 0 Å². The van der Waals surface area contributed by atoms with Crippen molar-refractivity contribution in [3.63, 3.8) is 0 Å². The van der Waals surface area contributed by atoms with Crippen molar-refractivity contribution >= 4 is 5.97 Å². The maximum absolute atomic E-state index is 13.1. The SMILES string of the molecule is CC/C=C\C/C=C\C/C=C\C/C=C\C/C=C\C/C=C\C/C=C\CCCCCCOCC(COC1OC(COC2OC(CO)C(O)C(O)C2O)C(O)C(O)C1O)OC(=O)CCCCCCCCC/C=C\CCCCCCCC. The molecule has 14 heteroatoms. The summed E-state index contributed by atoms with van der Waals surface area (Å²) >= 11 is 0. The first-order chi connectivity index (χ1) is 37.6. The molecule has 11 unspecified atom stereocenters. The predicted octanol–water partition coefficient (Wildman–Crippen LogP) is 11.0. The van der Waals surface area contributed by atoms with E-state index in [0.717, 1.165) is 103 Å². The molecule has 14 nitrogen and oxygen atoms in total. The second kappa shape index (κ2) is 48.8. The maximum Gasteiger partial charge on any atom is 0.306 e. The Balaban J connectivity index is 1.72. The second-order valence-corrected chi connectivity index (χ2v) is 20.4. The van der Waals surface area contributed by atoms with Crippen molar-refractivity contribution in [3.05, 3.63) is 97.2 Å². The molecule has 2 aliphatic rings. The number of rotatable bonds is 47. The molecular weight excluding hydrogens is 981 g/mol. The van der Waals surface area contributed by atoms with Crippen LogP contribution in [0, 0.1) is 0 Å². The quantitative estimate of drug-likeness (QED) is 0.0172. The number of hydrogen-bond acceptors (Lipinski definition) is 14. The van der Waals surface area contributed by atoms with Gasteiger partial charge in [0.1, 0.15) is 54.9 Å². The highest BCUT2D eigenvalue weighted by Gasteiger charge is 2.47. The van der Waals surface area contributed by atoms with E-state index in [4.69, 9.17) is 28.4 Å². The average Bonchev–Trinajstić information content (AvgIpc) is 3.43. The van der Waals surface area contributed by atoms with Gasteiger partial charge in [0.05, 0.1) is 26.4 Å². The van der Waals surface area contributed by atoms with Crippen LogP contribution in [0.25, 0.3) is 0 Å². The molecule has 11 atom stereocenters. The van der Waals surface area contributed by atoms with Crippen molar-refractivity contribution in [3.8, 4) is 0 Å². The van der Waals surface area contributed by atoms with Crippen molar-refractivity contribution in [2.45, 2.75) is 261 Å². The second-order valence-electron chi connectivity index (χ2n) is 20.4. The Labute approximate surface area is 464 Å². The van der Waals surface area contributed by atoms with Crippen LogP contribution in [0.15, 0.2) is 97.2 Å². The summed E-state index contributed by atoms with van der Waals surface area (Å²) in [5, 5.41) is 72.4. The van der Waals surface area contributed by atoms with Crippen LogP contribution >= 0.6 is 0 Å². The normalized spacial score (nSPS) is 25.0. The molecule has 0 amide bonds. The minimum absolute atomic E-state index is 0.0367. The highest BCUT2D eigenvalue weighted by Crippen LogP contribution is 2.26. The molecular formula is C63H106O14. The maximum atomic E-state index is 13.1. The van der Waals surface area contributed by atoms with Crippen LogP contribution in [0.1, 0.15) is 194 Å². The van der Waals surface area contributed by atoms with Crippen molar-refractivity contribution in [1.82, 2.24) is 0 Å². The minimum atomic E-state index is -1.72. The molecule has 0 aromatic heterocycles. The molecule has 7 N–H and O–H groups in total. The zero-order valence-electron chi connectivity index (χ0n) is 47.4. The lowest BCUT2D eigenvalue weighted by Gasteiger charge is -2.42. The van der Waals surface area contributed by atoms with E-state index in [9.17, 15) is 40.5 Å². The number of allylic oxidation sites excluding steroid dienone is 16. The number of hydrogen-bond donors (Lipinski definition) is 7. The van der Waals surface area contributed by atoms with Crippen molar-refractivity contribution in [2.75, 3.05) is 33.0 Å². The number of aliphatic hydroxyl groups is 7. The van der Waals surface area contributed by atoms with Gasteiger partial charge in [-0.15, -0.1) is 0 Å². The van der Waals surface area contributed by atoms with E-state index in [0.29, 0.717) is 13.0 Å². The van der Waals surface area contributed by atoms with Gasteiger partial charge in [0.2, 0.25) is 0 Å². The summed E-state index contributed by atoms with van der Waals surface area (Å²) in [4.78, 5) is 13.1. The topological polar surface area (TPSA) is 214 Å². The standard InChI is InChI=1S/C63H106O14/c1-3-5-7-9-11-13-15-17-19-21-22-23-24-25-26-27-28-29-31-33-35-37-39-41-43-45-47-72-49-52(75-55(65)46-44-42-40-38-36-34-32-30-20-18-16-14-12-10-8-6-4-2)50-73-62-61(71)59(69)57(67)54(77-62)51-74-63-60(70)58(68)56(66)53(48-64)76-63/h5,7,11,13,17-20,22-23,25-26,28-29,33,35,52-54,56-64,66-71H,3-4,6,8-10,12,14-16,21,24,27,30-32,34,36-51H2,1-2H3/b7-5-,13-11-,19-17-,20-18-,23-22-,26-25-,29-28-,35-33-. The van der Waals surface area contributed by atoms with Gasteiger partial charge >= 0.3 is 5.97 Å². The molecule has 2 fully saturated rings. The molecule has 2 heterocycles. The molecule has 0 aromatic carbocycles. The molecule has 0 aromatic rings. The first-order valence-corrected chi connectivity index (χ1v) is 29.8. The third-order valence-corrected chi connectivity index (χ3v) is 13.6. The smallest absolute Gasteiger partial charge is 0.306 e. The predicted molar refractivity (Wildman–Crippen MR) is 307 cm³/mol. The number of aliphatic hydroxyl groups excluding tert-OH is 7. The van der Waals surface area contributed by atoms with Crippen LogP contribution in [0.3, 0.4) is 0 Å². The van der Waals surface area contributed by atoms with Crippen molar-refractivity contribution < 1.29 is 69.0 Å². The summed E-state index contributed by atoms with van der Waals surface area (Å²) < 4.78 is 34.4. The zero-order valence-corrected chi connectivity index (χ0v) is 47.4. The summed E-state index contributed by atoms with van der Waals surface area (Å²) in [5.41, 5.74) is 0. The zero-order chi connectivity index (χ0) is 55.8. The minimum Gasteiger partial charge on any atom is -0.457 e. The molecule has 2 rings (SSSR count). The van der Waals surface area contributed by atoms with Gasteiger partial charge in [-0.1, -0.05) is 188 Å². The Morgan fingerprint density at radius 1 is 0.442 bits per heavy atom. The van der Waals surface area contributed by atoms with Gasteiger partial charge in [0.25, 0.3) is 0 Å². The summed E-state index contributed by atoms with van der Waals surface area (Å²) in [6.07, 6.45) is 48.9. The number of ether oxygens (including phenoxy) is 6. The number of carbonyl (C=O) groups is 1. The first kappa shape index (κ1) is 70.0. The summed E-state index contributed by atoms with van der Waals surface area (Å²) in [5.74, 6) is -0.393. The lowest BCUT2D eigenvalue weighted by atomic mass is 9.98. The molecule has 0 bridgehead atoms. The molecule has 0 saturated carbocycles. The van der Waals surface area contributed by atoms with Gasteiger partial charge in [-0.3, -0.25) is 4.79 Å². The molecule has 442 valence electrons. The number of carbonyl (C=O) groups excluding carboxylic acids is 1. The Bertz CT molecular complexity index is 1640. The summed E-state index contributed by atoms with van der Waals surface area (Å²) in [6.45, 7) is 3.49. The lowest BCUT2D eigenvalue weighted by molar-refractivity contribution is -0.332. The van der Waals surface area contributed by atoms with Crippen molar-refractivity contribution in [1.29, 1.82) is 0 Å². The molecule has 2 aliphatic heterocycles. The van der Waals surface area contributed by atoms with Gasteiger partial charge in [0.15, 0.2) is 12.6 Å². The highest BCUT2D eigenvalue weighted by molar-refractivity contribution is 5.69. The van der Waals surface area contributed by atoms with E-state index in [2.05, 4.69) is 111 Å². The van der Waals surface area contributed by atoms with Crippen LogP contribution < -0.4 is 0 Å². The van der Waals surface area contributed by atoms with Gasteiger partial charge in [-0.25, -0.2) is 0 Å². The van der Waals surface area contributed by atoms with Crippen LogP contribution in [-0.2, 0) is 33.2 Å². The van der Waals surface area contributed by atoms with Crippen LogP contribution in [0.4, 0.5) is 0 Å². The van der Waals surface area contributed by atoms with Crippen LogP contribution in [0.5, 0.6) is 0 Å². The number of unbranched alkanes of at least 4 members (excludes halogenated alkanes) is 17. The lowest BCUT2D eigenvalue weighted by Crippen LogP contribution is -2.61. The Morgan fingerprint density at radius 3 is 1.34 bits per heavy atom. The molecule has 2 saturated heterocycles. The first-order valence-electron chi connectivity index (χ1n) is 29.8. The van der Waals surface area contributed by atoms with Crippen molar-refractivity contribution in [2.24, 2.45) is 0 Å². The van der Waals surface area contributed by atoms with Crippen LogP contribution in [0.2, 0.25) is 0 Å². The summed E-state index contributed by atoms with van der Waals surface area (Å²) in [7, 11) is 0. The third kappa shape index (κ3) is 35.3. The molecule has 0 aliphatic carbocycles. The number of esters is 1. The molecule has 0 radical (unpaired) electrons. The molecule has 77 heavy (non-hydrogen) atoms. The fraction of sp³-hybridized carbons (Fsp3) is 0.730. The Morgan fingerprint density at radius 2 is 0.844 bits per heavy atom. The molecule has 0 spiro atoms. The Hall–Kier alpha value is -3.09. The summed E-state index contributed by atoms with van der Waals surface area (Å²) in [6, 6.07) is 0. The van der Waals surface area contributed by atoms with E-state index in [1.54, 1.807) is 0 Å². The van der Waals surface area contributed by atoms with Gasteiger partial charge < -0.3 is 64.2 Å². The highest BCUT2D eigenvalue weighted by atomic mass is 16.7. The van der Waals surface area contributed by atoms with Gasteiger partial charge in [-0.05, 0) is 96.3 Å². The van der Waals surface area contributed by atoms with Crippen LogP contribution in [-0.4, -0.2) is 142 Å². The average molecular weight is 1090 g/mol. The van der Waals surface area contributed by atoms with E-state index in [1.807, 2.05) is 0 Å². The monoisotopic (exact) mass is 1090 g/mol. The van der Waals surface area contributed by atoms with E-state index < -0.39 is 86.7 Å². The largest absolute Gasteiger partial charge is 0.457 e. The van der Waals surface area contributed by atoms with E-state index in [-0.39, 0.29) is 19.6 Å². The third-order valence-electron chi connectivity index (χ3n) is 13.6. The fourth-order valence-electron chi connectivity index (χ4n) is 8.79.